The van der Waals surface area contributed by atoms with Gasteiger partial charge < -0.3 is 4.74 Å². The van der Waals surface area contributed by atoms with E-state index in [-0.39, 0.29) is 17.7 Å². The Morgan fingerprint density at radius 2 is 1.95 bits per heavy atom. The van der Waals surface area contributed by atoms with Crippen molar-refractivity contribution < 1.29 is 14.3 Å². The SMILES string of the molecule is CC(C)(C)OC(=O)N1C(=O)C2CCCC2c2cc(Cl)ccc21. The van der Waals surface area contributed by atoms with Gasteiger partial charge >= 0.3 is 6.09 Å². The van der Waals surface area contributed by atoms with E-state index >= 15 is 0 Å². The molecule has 0 N–H and O–H groups in total. The van der Waals surface area contributed by atoms with E-state index in [1.807, 2.05) is 6.07 Å². The first-order valence-electron chi connectivity index (χ1n) is 7.64. The van der Waals surface area contributed by atoms with Crippen LogP contribution in [0.4, 0.5) is 10.5 Å². The Morgan fingerprint density at radius 1 is 1.27 bits per heavy atom. The summed E-state index contributed by atoms with van der Waals surface area (Å²) in [5, 5.41) is 0.628. The second-order valence-corrected chi connectivity index (χ2v) is 7.44. The molecule has 1 heterocycles. The van der Waals surface area contributed by atoms with Crippen LogP contribution < -0.4 is 4.90 Å². The van der Waals surface area contributed by atoms with Gasteiger partial charge in [-0.1, -0.05) is 18.0 Å². The molecule has 1 aliphatic heterocycles. The largest absolute Gasteiger partial charge is 0.443 e. The second-order valence-electron chi connectivity index (χ2n) is 7.00. The molecule has 4 nitrogen and oxygen atoms in total. The highest BCUT2D eigenvalue weighted by Gasteiger charge is 2.46. The number of fused-ring (bicyclic) bond motifs is 3. The van der Waals surface area contributed by atoms with Gasteiger partial charge in [0, 0.05) is 10.9 Å². The smallest absolute Gasteiger partial charge is 0.421 e. The number of hydrogen-bond donors (Lipinski definition) is 0. The predicted molar refractivity (Wildman–Crippen MR) is 85.3 cm³/mol. The average Bonchev–Trinajstić information content (AvgIpc) is 2.87. The van der Waals surface area contributed by atoms with Crippen LogP contribution in [0.25, 0.3) is 0 Å². The molecular weight excluding hydrogens is 302 g/mol. The third kappa shape index (κ3) is 2.60. The minimum atomic E-state index is -0.642. The van der Waals surface area contributed by atoms with Crippen LogP contribution in [0.1, 0.15) is 51.5 Å². The lowest BCUT2D eigenvalue weighted by atomic mass is 9.83. The molecule has 22 heavy (non-hydrogen) atoms. The first kappa shape index (κ1) is 15.3. The minimum Gasteiger partial charge on any atom is -0.443 e. The monoisotopic (exact) mass is 321 g/mol. The van der Waals surface area contributed by atoms with Gasteiger partial charge in [-0.3, -0.25) is 4.79 Å². The molecule has 2 unspecified atom stereocenters. The zero-order valence-electron chi connectivity index (χ0n) is 13.1. The number of nitrogens with zero attached hydrogens (tertiary/aromatic N) is 1. The van der Waals surface area contributed by atoms with Crippen molar-refractivity contribution in [2.24, 2.45) is 5.92 Å². The topological polar surface area (TPSA) is 46.6 Å². The van der Waals surface area contributed by atoms with E-state index in [0.717, 1.165) is 24.8 Å². The van der Waals surface area contributed by atoms with Crippen molar-refractivity contribution in [2.75, 3.05) is 4.90 Å². The van der Waals surface area contributed by atoms with Crippen LogP contribution in [0.3, 0.4) is 0 Å². The summed E-state index contributed by atoms with van der Waals surface area (Å²) in [6, 6.07) is 5.33. The predicted octanol–water partition coefficient (Wildman–Crippen LogP) is 4.51. The van der Waals surface area contributed by atoms with E-state index in [1.54, 1.807) is 32.9 Å². The Labute approximate surface area is 135 Å². The van der Waals surface area contributed by atoms with Gasteiger partial charge in [0.25, 0.3) is 0 Å². The van der Waals surface area contributed by atoms with Crippen molar-refractivity contribution in [2.45, 2.75) is 51.6 Å². The number of hydrogen-bond acceptors (Lipinski definition) is 3. The average molecular weight is 322 g/mol. The number of imide groups is 1. The van der Waals surface area contributed by atoms with Crippen molar-refractivity contribution in [3.05, 3.63) is 28.8 Å². The molecule has 118 valence electrons. The van der Waals surface area contributed by atoms with Gasteiger partial charge in [-0.15, -0.1) is 0 Å². The summed E-state index contributed by atoms with van der Waals surface area (Å²) < 4.78 is 5.42. The van der Waals surface area contributed by atoms with E-state index in [9.17, 15) is 9.59 Å². The molecule has 1 saturated carbocycles. The highest BCUT2D eigenvalue weighted by Crippen LogP contribution is 2.49. The summed E-state index contributed by atoms with van der Waals surface area (Å²) in [7, 11) is 0. The van der Waals surface area contributed by atoms with Crippen LogP contribution >= 0.6 is 11.6 Å². The van der Waals surface area contributed by atoms with Gasteiger partial charge in [0.1, 0.15) is 5.60 Å². The molecule has 0 spiro atoms. The van der Waals surface area contributed by atoms with Gasteiger partial charge in [0.05, 0.1) is 5.69 Å². The maximum atomic E-state index is 12.8. The number of carbonyl (C=O) groups is 2. The van der Waals surface area contributed by atoms with Gasteiger partial charge in [-0.2, -0.15) is 0 Å². The fourth-order valence-corrected chi connectivity index (χ4v) is 3.61. The zero-order valence-corrected chi connectivity index (χ0v) is 13.8. The molecule has 1 fully saturated rings. The minimum absolute atomic E-state index is 0.140. The number of anilines is 1. The van der Waals surface area contributed by atoms with E-state index in [0.29, 0.717) is 10.7 Å². The molecule has 0 bridgehead atoms. The fraction of sp³-hybridized carbons (Fsp3) is 0.529. The molecule has 1 aliphatic carbocycles. The number of halogens is 1. The van der Waals surface area contributed by atoms with Crippen molar-refractivity contribution in [1.29, 1.82) is 0 Å². The van der Waals surface area contributed by atoms with E-state index in [1.165, 1.54) is 4.90 Å². The number of benzene rings is 1. The number of ether oxygens (including phenoxy) is 1. The van der Waals surface area contributed by atoms with Crippen molar-refractivity contribution in [3.8, 4) is 0 Å². The van der Waals surface area contributed by atoms with Crippen LogP contribution in [0.5, 0.6) is 0 Å². The van der Waals surface area contributed by atoms with Crippen LogP contribution in [-0.4, -0.2) is 17.6 Å². The molecule has 3 rings (SSSR count). The third-order valence-electron chi connectivity index (χ3n) is 4.26. The summed E-state index contributed by atoms with van der Waals surface area (Å²) in [6.45, 7) is 5.38. The summed E-state index contributed by atoms with van der Waals surface area (Å²) in [5.41, 5.74) is 0.962. The summed E-state index contributed by atoms with van der Waals surface area (Å²) in [5.74, 6) is -0.120. The van der Waals surface area contributed by atoms with Crippen molar-refractivity contribution >= 4 is 29.3 Å². The number of amides is 2. The van der Waals surface area contributed by atoms with Gasteiger partial charge in [-0.25, -0.2) is 9.69 Å². The Morgan fingerprint density at radius 3 is 2.64 bits per heavy atom. The molecule has 0 radical (unpaired) electrons. The number of carbonyl (C=O) groups excluding carboxylic acids is 2. The molecule has 2 amide bonds. The summed E-state index contributed by atoms with van der Waals surface area (Å²) >= 11 is 6.12. The lowest BCUT2D eigenvalue weighted by Gasteiger charge is -2.36. The molecule has 1 aromatic rings. The van der Waals surface area contributed by atoms with Crippen LogP contribution in [0, 0.1) is 5.92 Å². The van der Waals surface area contributed by atoms with Crippen LogP contribution in [0.2, 0.25) is 5.02 Å². The Hall–Kier alpha value is -1.55. The Balaban J connectivity index is 2.05. The van der Waals surface area contributed by atoms with Crippen LogP contribution in [-0.2, 0) is 9.53 Å². The van der Waals surface area contributed by atoms with E-state index in [4.69, 9.17) is 16.3 Å². The summed E-state index contributed by atoms with van der Waals surface area (Å²) in [4.78, 5) is 26.5. The molecule has 2 aliphatic rings. The Kier molecular flexibility index (Phi) is 3.68. The highest BCUT2D eigenvalue weighted by molar-refractivity contribution is 6.31. The zero-order chi connectivity index (χ0) is 16.1. The van der Waals surface area contributed by atoms with Crippen molar-refractivity contribution in [1.82, 2.24) is 0 Å². The molecule has 1 aromatic carbocycles. The molecule has 5 heteroatoms. The molecule has 0 saturated heterocycles. The van der Waals surface area contributed by atoms with Crippen LogP contribution in [0.15, 0.2) is 18.2 Å². The fourth-order valence-electron chi connectivity index (χ4n) is 3.43. The lowest BCUT2D eigenvalue weighted by Crippen LogP contribution is -2.47. The first-order valence-corrected chi connectivity index (χ1v) is 8.02. The lowest BCUT2D eigenvalue weighted by molar-refractivity contribution is -0.122. The Bertz CT molecular complexity index is 635. The first-order chi connectivity index (χ1) is 10.3. The molecular formula is C17H20ClNO3. The van der Waals surface area contributed by atoms with E-state index < -0.39 is 11.7 Å². The second kappa shape index (κ2) is 5.27. The van der Waals surface area contributed by atoms with E-state index in [2.05, 4.69) is 0 Å². The quantitative estimate of drug-likeness (QED) is 0.706. The summed E-state index contributed by atoms with van der Waals surface area (Å²) in [6.07, 6.45) is 2.17. The third-order valence-corrected chi connectivity index (χ3v) is 4.49. The maximum Gasteiger partial charge on any atom is 0.421 e. The van der Waals surface area contributed by atoms with Gasteiger partial charge in [0.15, 0.2) is 0 Å². The normalized spacial score (nSPS) is 24.0. The molecule has 0 aromatic heterocycles. The maximum absolute atomic E-state index is 12.8. The molecule has 2 atom stereocenters. The van der Waals surface area contributed by atoms with Crippen molar-refractivity contribution in [3.63, 3.8) is 0 Å². The van der Waals surface area contributed by atoms with Gasteiger partial charge in [-0.05, 0) is 63.3 Å². The van der Waals surface area contributed by atoms with Gasteiger partial charge in [0.2, 0.25) is 5.91 Å². The number of rotatable bonds is 0. The standard InChI is InChI=1S/C17H20ClNO3/c1-17(2,3)22-16(21)19-14-8-7-10(18)9-13(14)11-5-4-6-12(11)15(19)20/h7-9,11-12H,4-6H2,1-3H3. The highest BCUT2D eigenvalue weighted by atomic mass is 35.5.